The van der Waals surface area contributed by atoms with Gasteiger partial charge in [-0.3, -0.25) is 14.9 Å². The van der Waals surface area contributed by atoms with Crippen LogP contribution in [-0.2, 0) is 9.84 Å². The highest BCUT2D eigenvalue weighted by Gasteiger charge is 2.29. The molecule has 0 saturated carbocycles. The summed E-state index contributed by atoms with van der Waals surface area (Å²) in [6.45, 7) is 1.93. The van der Waals surface area contributed by atoms with E-state index in [9.17, 15) is 28.4 Å². The van der Waals surface area contributed by atoms with Gasteiger partial charge in [-0.25, -0.2) is 8.42 Å². The minimum atomic E-state index is -2.97. The van der Waals surface area contributed by atoms with Crippen molar-refractivity contribution in [1.29, 1.82) is 0 Å². The standard InChI is InChI=1S/C16H22N2O6S/c1-11(19)15(6-8-17-13-7-9-25(23,24)10-13)16(20)12-2-4-14(5-3-12)18(21)22/h2-5,11,13,15,17,19H,6-10H2,1H3/t11-,13-,15-/m0/s1. The molecular weight excluding hydrogens is 348 g/mol. The number of nitrogens with one attached hydrogen (secondary N) is 1. The number of hydrogen-bond donors (Lipinski definition) is 2. The highest BCUT2D eigenvalue weighted by atomic mass is 32.2. The molecule has 0 amide bonds. The molecule has 0 aliphatic carbocycles. The van der Waals surface area contributed by atoms with Gasteiger partial charge in [0.1, 0.15) is 0 Å². The summed E-state index contributed by atoms with van der Waals surface area (Å²) in [5, 5.41) is 23.7. The third-order valence-corrected chi connectivity index (χ3v) is 6.17. The van der Waals surface area contributed by atoms with Gasteiger partial charge in [-0.05, 0) is 38.4 Å². The van der Waals surface area contributed by atoms with E-state index in [1.54, 1.807) is 0 Å². The van der Waals surface area contributed by atoms with Gasteiger partial charge in [0.2, 0.25) is 0 Å². The Morgan fingerprint density at radius 2 is 2.04 bits per heavy atom. The number of nitro benzene ring substituents is 1. The average molecular weight is 370 g/mol. The van der Waals surface area contributed by atoms with Crippen LogP contribution in [0.25, 0.3) is 0 Å². The van der Waals surface area contributed by atoms with Crippen molar-refractivity contribution in [2.75, 3.05) is 18.1 Å². The number of sulfone groups is 1. The van der Waals surface area contributed by atoms with Crippen LogP contribution < -0.4 is 5.32 Å². The molecule has 2 N–H and O–H groups in total. The molecular formula is C16H22N2O6S. The Morgan fingerprint density at radius 1 is 1.40 bits per heavy atom. The van der Waals surface area contributed by atoms with Crippen LogP contribution in [-0.4, -0.2) is 54.4 Å². The molecule has 1 aliphatic rings. The smallest absolute Gasteiger partial charge is 0.269 e. The number of carbonyl (C=O) groups is 1. The topological polar surface area (TPSA) is 127 Å². The van der Waals surface area contributed by atoms with Gasteiger partial charge in [-0.1, -0.05) is 0 Å². The van der Waals surface area contributed by atoms with Crippen LogP contribution in [0.15, 0.2) is 24.3 Å². The largest absolute Gasteiger partial charge is 0.393 e. The molecule has 1 aromatic rings. The van der Waals surface area contributed by atoms with E-state index in [0.717, 1.165) is 0 Å². The van der Waals surface area contributed by atoms with Crippen molar-refractivity contribution in [2.24, 2.45) is 5.92 Å². The molecule has 0 radical (unpaired) electrons. The normalized spacial score (nSPS) is 21.6. The van der Waals surface area contributed by atoms with Gasteiger partial charge < -0.3 is 10.4 Å². The van der Waals surface area contributed by atoms with Crippen LogP contribution in [0, 0.1) is 16.0 Å². The first-order valence-corrected chi connectivity index (χ1v) is 9.92. The van der Waals surface area contributed by atoms with Gasteiger partial charge in [-0.15, -0.1) is 0 Å². The fourth-order valence-electron chi connectivity index (χ4n) is 2.95. The highest BCUT2D eigenvalue weighted by Crippen LogP contribution is 2.20. The molecule has 1 aromatic carbocycles. The monoisotopic (exact) mass is 370 g/mol. The van der Waals surface area contributed by atoms with Crippen LogP contribution in [0.4, 0.5) is 5.69 Å². The fourth-order valence-corrected chi connectivity index (χ4v) is 4.66. The highest BCUT2D eigenvalue weighted by molar-refractivity contribution is 7.91. The Balaban J connectivity index is 1.95. The first-order valence-electron chi connectivity index (χ1n) is 8.10. The second-order valence-electron chi connectivity index (χ2n) is 6.36. The minimum Gasteiger partial charge on any atom is -0.393 e. The first kappa shape index (κ1) is 19.5. The molecule has 2 rings (SSSR count). The van der Waals surface area contributed by atoms with E-state index in [1.165, 1.54) is 31.2 Å². The van der Waals surface area contributed by atoms with Crippen molar-refractivity contribution in [2.45, 2.75) is 31.9 Å². The second kappa shape index (κ2) is 8.03. The Kier molecular flexibility index (Phi) is 6.26. The summed E-state index contributed by atoms with van der Waals surface area (Å²) in [6, 6.07) is 5.16. The lowest BCUT2D eigenvalue weighted by Crippen LogP contribution is -2.35. The number of aliphatic hydroxyl groups is 1. The number of hydrogen-bond acceptors (Lipinski definition) is 7. The molecule has 1 heterocycles. The number of carbonyl (C=O) groups excluding carboxylic acids is 1. The lowest BCUT2D eigenvalue weighted by atomic mass is 9.90. The van der Waals surface area contributed by atoms with Gasteiger partial charge in [0, 0.05) is 29.7 Å². The van der Waals surface area contributed by atoms with E-state index in [1.807, 2.05) is 0 Å². The zero-order chi connectivity index (χ0) is 18.6. The Morgan fingerprint density at radius 3 is 2.52 bits per heavy atom. The quantitative estimate of drug-likeness (QED) is 0.396. The van der Waals surface area contributed by atoms with Crippen LogP contribution in [0.3, 0.4) is 0 Å². The number of non-ortho nitro benzene ring substituents is 1. The third kappa shape index (κ3) is 5.32. The van der Waals surface area contributed by atoms with Crippen molar-refractivity contribution in [1.82, 2.24) is 5.32 Å². The van der Waals surface area contributed by atoms with Crippen molar-refractivity contribution < 1.29 is 23.2 Å². The Labute approximate surface area is 146 Å². The molecule has 0 bridgehead atoms. The van der Waals surface area contributed by atoms with Gasteiger partial charge in [0.15, 0.2) is 15.6 Å². The molecule has 0 unspecified atom stereocenters. The molecule has 3 atom stereocenters. The van der Waals surface area contributed by atoms with Crippen molar-refractivity contribution in [3.63, 3.8) is 0 Å². The molecule has 138 valence electrons. The molecule has 0 aromatic heterocycles. The van der Waals surface area contributed by atoms with E-state index < -0.39 is 26.8 Å². The average Bonchev–Trinajstić information content (AvgIpc) is 2.89. The summed E-state index contributed by atoms with van der Waals surface area (Å²) in [5.74, 6) is -0.674. The summed E-state index contributed by atoms with van der Waals surface area (Å²) >= 11 is 0. The van der Waals surface area contributed by atoms with E-state index in [-0.39, 0.29) is 29.0 Å². The van der Waals surface area contributed by atoms with Gasteiger partial charge in [-0.2, -0.15) is 0 Å². The number of benzene rings is 1. The lowest BCUT2D eigenvalue weighted by molar-refractivity contribution is -0.384. The number of ketones is 1. The third-order valence-electron chi connectivity index (χ3n) is 4.40. The first-order chi connectivity index (χ1) is 11.7. The number of nitrogens with zero attached hydrogens (tertiary/aromatic N) is 1. The predicted octanol–water partition coefficient (Wildman–Crippen LogP) is 0.941. The van der Waals surface area contributed by atoms with Crippen LogP contribution in [0.5, 0.6) is 0 Å². The van der Waals surface area contributed by atoms with Crippen LogP contribution in [0.1, 0.15) is 30.1 Å². The Bertz CT molecular complexity index is 729. The number of rotatable bonds is 8. The Hall–Kier alpha value is -1.84. The second-order valence-corrected chi connectivity index (χ2v) is 8.59. The fraction of sp³-hybridized carbons (Fsp3) is 0.562. The molecule has 1 fully saturated rings. The van der Waals surface area contributed by atoms with E-state index >= 15 is 0 Å². The van der Waals surface area contributed by atoms with Crippen molar-refractivity contribution in [3.05, 3.63) is 39.9 Å². The molecule has 25 heavy (non-hydrogen) atoms. The summed E-state index contributed by atoms with van der Waals surface area (Å²) in [7, 11) is -2.97. The minimum absolute atomic E-state index is 0.0998. The lowest BCUT2D eigenvalue weighted by Gasteiger charge is -2.20. The summed E-state index contributed by atoms with van der Waals surface area (Å²) < 4.78 is 22.9. The molecule has 9 heteroatoms. The molecule has 1 aliphatic heterocycles. The van der Waals surface area contributed by atoms with E-state index in [4.69, 9.17) is 0 Å². The maximum absolute atomic E-state index is 12.5. The zero-order valence-corrected chi connectivity index (χ0v) is 14.7. The van der Waals surface area contributed by atoms with Gasteiger partial charge in [0.05, 0.1) is 22.5 Å². The zero-order valence-electron chi connectivity index (χ0n) is 13.9. The van der Waals surface area contributed by atoms with Crippen molar-refractivity contribution >= 4 is 21.3 Å². The van der Waals surface area contributed by atoms with E-state index in [0.29, 0.717) is 24.9 Å². The number of nitro groups is 1. The van der Waals surface area contributed by atoms with Gasteiger partial charge in [0.25, 0.3) is 5.69 Å². The maximum atomic E-state index is 12.5. The number of Topliss-reactive ketones (excluding diaryl/α,β-unsaturated/α-hetero) is 1. The summed E-state index contributed by atoms with van der Waals surface area (Å²) in [5.41, 5.74) is 0.203. The predicted molar refractivity (Wildman–Crippen MR) is 92.3 cm³/mol. The number of aliphatic hydroxyl groups excluding tert-OH is 1. The maximum Gasteiger partial charge on any atom is 0.269 e. The molecule has 0 spiro atoms. The summed E-state index contributed by atoms with van der Waals surface area (Å²) in [4.78, 5) is 22.7. The summed E-state index contributed by atoms with van der Waals surface area (Å²) in [6.07, 6.45) is 0.0268. The van der Waals surface area contributed by atoms with Crippen LogP contribution in [0.2, 0.25) is 0 Å². The van der Waals surface area contributed by atoms with E-state index in [2.05, 4.69) is 5.32 Å². The molecule has 8 nitrogen and oxygen atoms in total. The van der Waals surface area contributed by atoms with Crippen molar-refractivity contribution in [3.8, 4) is 0 Å². The SMILES string of the molecule is C[C@H](O)[C@H](CCN[C@H]1CCS(=O)(=O)C1)C(=O)c1ccc([N+](=O)[O-])cc1. The molecule has 1 saturated heterocycles. The van der Waals surface area contributed by atoms with Crippen LogP contribution >= 0.6 is 0 Å². The van der Waals surface area contributed by atoms with Gasteiger partial charge >= 0.3 is 0 Å².